The van der Waals surface area contributed by atoms with Gasteiger partial charge in [0.25, 0.3) is 0 Å². The number of benzene rings is 2. The molecule has 3 aromatic heterocycles. The summed E-state index contributed by atoms with van der Waals surface area (Å²) in [4.78, 5) is 9.36. The quantitative estimate of drug-likeness (QED) is 0.187. The second-order valence-electron chi connectivity index (χ2n) is 10.1. The number of aryl methyl sites for hydroxylation is 1. The summed E-state index contributed by atoms with van der Waals surface area (Å²) in [7, 11) is 0. The monoisotopic (exact) mass is 646 g/mol. The van der Waals surface area contributed by atoms with Crippen LogP contribution >= 0.6 is 23.2 Å². The molecule has 43 heavy (non-hydrogen) atoms. The van der Waals surface area contributed by atoms with Crippen LogP contribution in [0.3, 0.4) is 0 Å². The van der Waals surface area contributed by atoms with Crippen LogP contribution < -0.4 is 56.5 Å². The van der Waals surface area contributed by atoms with Gasteiger partial charge in [0, 0.05) is 18.8 Å². The van der Waals surface area contributed by atoms with E-state index in [0.29, 0.717) is 34.7 Å². The molecular weight excluding hydrogens is 614 g/mol. The Bertz CT molecular complexity index is 1620. The van der Waals surface area contributed by atoms with Gasteiger partial charge in [-0.2, -0.15) is 5.21 Å². The fourth-order valence-electron chi connectivity index (χ4n) is 5.37. The van der Waals surface area contributed by atoms with E-state index in [1.165, 1.54) is 0 Å². The zero-order valence-electron chi connectivity index (χ0n) is 24.6. The zero-order chi connectivity index (χ0) is 29.6. The van der Waals surface area contributed by atoms with Crippen molar-refractivity contribution in [3.05, 3.63) is 87.4 Å². The van der Waals surface area contributed by atoms with Crippen molar-refractivity contribution in [2.45, 2.75) is 71.8 Å². The van der Waals surface area contributed by atoms with Crippen LogP contribution in [0.5, 0.6) is 0 Å². The summed E-state index contributed by atoms with van der Waals surface area (Å²) in [5.41, 5.74) is 4.90. The van der Waals surface area contributed by atoms with E-state index in [2.05, 4.69) is 39.5 Å². The maximum atomic E-state index is 10.3. The molecule has 2 aromatic carbocycles. The van der Waals surface area contributed by atoms with Gasteiger partial charge in [0.15, 0.2) is 10.3 Å². The Morgan fingerprint density at radius 3 is 2.21 bits per heavy atom. The second kappa shape index (κ2) is 15.9. The Labute approximate surface area is 303 Å². The first kappa shape index (κ1) is 33.9. The number of tetrazole rings is 1. The number of aromatic nitrogens is 8. The average Bonchev–Trinajstić information content (AvgIpc) is 3.73. The Kier molecular flexibility index (Phi) is 12.5. The Morgan fingerprint density at radius 2 is 1.58 bits per heavy atom. The zero-order valence-corrected chi connectivity index (χ0v) is 29.2. The molecule has 1 atom stereocenters. The molecule has 10 nitrogen and oxygen atoms in total. The SMILES string of the molecule is CCCCc1nc(Cl)c(CO)n1C(CCC)c1nc(Cl)c(CO)n1Cc1ccc(-c2ccccc2-c2nnn[n-]2)cc1.[K+]. The van der Waals surface area contributed by atoms with Crippen LogP contribution in [0.1, 0.15) is 74.2 Å². The number of rotatable bonds is 13. The average molecular weight is 648 g/mol. The molecule has 0 saturated carbocycles. The summed E-state index contributed by atoms with van der Waals surface area (Å²) in [6.45, 7) is 4.15. The molecule has 5 rings (SSSR count). The molecule has 0 fully saturated rings. The van der Waals surface area contributed by atoms with Crippen molar-refractivity contribution in [1.82, 2.24) is 39.7 Å². The number of hydrogen-bond donors (Lipinski definition) is 2. The van der Waals surface area contributed by atoms with Crippen LogP contribution in [0.15, 0.2) is 48.5 Å². The van der Waals surface area contributed by atoms with Crippen molar-refractivity contribution in [2.75, 3.05) is 0 Å². The van der Waals surface area contributed by atoms with Crippen LogP contribution in [0.2, 0.25) is 10.3 Å². The summed E-state index contributed by atoms with van der Waals surface area (Å²) in [6, 6.07) is 15.8. The van der Waals surface area contributed by atoms with E-state index >= 15 is 0 Å². The van der Waals surface area contributed by atoms with Crippen LogP contribution in [0.4, 0.5) is 0 Å². The van der Waals surface area contributed by atoms with Gasteiger partial charge < -0.3 is 24.4 Å². The molecule has 0 saturated heterocycles. The van der Waals surface area contributed by atoms with Crippen LogP contribution in [0.25, 0.3) is 22.5 Å². The summed E-state index contributed by atoms with van der Waals surface area (Å²) in [5.74, 6) is 1.97. The summed E-state index contributed by atoms with van der Waals surface area (Å²) < 4.78 is 3.99. The number of hydrogen-bond acceptors (Lipinski definition) is 7. The molecule has 0 aliphatic rings. The Morgan fingerprint density at radius 1 is 0.884 bits per heavy atom. The van der Waals surface area contributed by atoms with E-state index in [0.717, 1.165) is 60.2 Å². The standard InChI is InChI=1S/C30H33Cl2N8O2.K/c1-3-5-11-26-33-28(32)25(18-42)40(26)23(8-4-2)30-34-27(31)24(17-41)39(30)16-19-12-14-20(15-13-19)21-9-6-7-10-22(21)29-35-37-38-36-29;/h6-7,9-10,12-15,23,41-42H,3-5,8,11,16-18H2,1-2H3;/q-1;+1. The minimum atomic E-state index is -0.278. The summed E-state index contributed by atoms with van der Waals surface area (Å²) in [6.07, 6.45) is 4.24. The number of imidazole rings is 2. The summed E-state index contributed by atoms with van der Waals surface area (Å²) >= 11 is 13.1. The molecule has 220 valence electrons. The van der Waals surface area contributed by atoms with Gasteiger partial charge in [0.05, 0.1) is 30.6 Å². The van der Waals surface area contributed by atoms with Crippen LogP contribution in [-0.4, -0.2) is 44.8 Å². The van der Waals surface area contributed by atoms with Gasteiger partial charge in [0.1, 0.15) is 11.6 Å². The van der Waals surface area contributed by atoms with Crippen molar-refractivity contribution < 1.29 is 61.6 Å². The second-order valence-corrected chi connectivity index (χ2v) is 10.8. The molecule has 0 radical (unpaired) electrons. The third-order valence-electron chi connectivity index (χ3n) is 7.41. The molecule has 0 spiro atoms. The molecule has 0 aliphatic heterocycles. The topological polar surface area (TPSA) is 129 Å². The smallest absolute Gasteiger partial charge is 0.390 e. The van der Waals surface area contributed by atoms with Crippen molar-refractivity contribution in [1.29, 1.82) is 0 Å². The predicted octanol–water partition coefficient (Wildman–Crippen LogP) is 2.63. The first-order valence-electron chi connectivity index (χ1n) is 14.1. The van der Waals surface area contributed by atoms with Gasteiger partial charge in [-0.25, -0.2) is 9.97 Å². The van der Waals surface area contributed by atoms with E-state index in [9.17, 15) is 10.2 Å². The number of halogens is 2. The molecule has 2 N–H and O–H groups in total. The molecule has 3 heterocycles. The van der Waals surface area contributed by atoms with Crippen LogP contribution in [0, 0.1) is 0 Å². The van der Waals surface area contributed by atoms with E-state index < -0.39 is 0 Å². The van der Waals surface area contributed by atoms with Gasteiger partial charge in [-0.05, 0) is 35.1 Å². The molecule has 13 heteroatoms. The van der Waals surface area contributed by atoms with Crippen molar-refractivity contribution >= 4 is 23.2 Å². The number of aliphatic hydroxyl groups is 2. The molecule has 5 aromatic rings. The first-order valence-corrected chi connectivity index (χ1v) is 14.9. The van der Waals surface area contributed by atoms with E-state index in [-0.39, 0.29) is 75.8 Å². The maximum Gasteiger partial charge on any atom is 1.00 e. The third kappa shape index (κ3) is 7.32. The van der Waals surface area contributed by atoms with E-state index in [4.69, 9.17) is 28.2 Å². The van der Waals surface area contributed by atoms with Gasteiger partial charge in [-0.1, -0.05) is 98.4 Å². The molecule has 0 aliphatic carbocycles. The molecule has 1 unspecified atom stereocenters. The van der Waals surface area contributed by atoms with E-state index in [1.54, 1.807) is 0 Å². The normalized spacial score (nSPS) is 12.0. The Balaban J connectivity index is 0.00000423. The van der Waals surface area contributed by atoms with Gasteiger partial charge in [0.2, 0.25) is 0 Å². The van der Waals surface area contributed by atoms with Crippen molar-refractivity contribution in [3.63, 3.8) is 0 Å². The summed E-state index contributed by atoms with van der Waals surface area (Å²) in [5, 5.41) is 36.4. The number of unbranched alkanes of at least 4 members (excludes halogenated alkanes) is 1. The fraction of sp³-hybridized carbons (Fsp3) is 0.367. The fourth-order valence-corrected chi connectivity index (χ4v) is 5.86. The van der Waals surface area contributed by atoms with Crippen molar-refractivity contribution in [3.8, 4) is 22.5 Å². The largest absolute Gasteiger partial charge is 1.00 e. The van der Waals surface area contributed by atoms with Gasteiger partial charge in [-0.3, -0.25) is 10.3 Å². The first-order chi connectivity index (χ1) is 20.5. The number of aliphatic hydroxyl groups excluding tert-OH is 2. The number of nitrogens with zero attached hydrogens (tertiary/aromatic N) is 8. The Hall–Kier alpha value is -1.93. The van der Waals surface area contributed by atoms with Crippen LogP contribution in [-0.2, 0) is 26.2 Å². The minimum Gasteiger partial charge on any atom is -0.390 e. The van der Waals surface area contributed by atoms with Gasteiger partial charge >= 0.3 is 51.4 Å². The maximum absolute atomic E-state index is 10.3. The van der Waals surface area contributed by atoms with E-state index in [1.807, 2.05) is 57.7 Å². The van der Waals surface area contributed by atoms with Crippen molar-refractivity contribution in [2.24, 2.45) is 0 Å². The molecule has 0 amide bonds. The molecular formula is C30H33Cl2KN8O2. The minimum absolute atomic E-state index is 0. The predicted molar refractivity (Wildman–Crippen MR) is 161 cm³/mol. The van der Waals surface area contributed by atoms with Gasteiger partial charge in [-0.15, -0.1) is 0 Å². The third-order valence-corrected chi connectivity index (χ3v) is 8.01. The molecule has 0 bridgehead atoms.